The Morgan fingerprint density at radius 2 is 1.95 bits per heavy atom. The molecule has 2 saturated heterocycles. The maximum Gasteiger partial charge on any atom is 0.327 e. The Labute approximate surface area is 226 Å². The van der Waals surface area contributed by atoms with E-state index < -0.39 is 5.54 Å². The van der Waals surface area contributed by atoms with Gasteiger partial charge >= 0.3 is 6.03 Å². The number of carbonyl (C=O) groups excluding carboxylic acids is 2. The Balaban J connectivity index is 1.52. The Morgan fingerprint density at radius 3 is 2.62 bits per heavy atom. The smallest absolute Gasteiger partial charge is 0.327 e. The van der Waals surface area contributed by atoms with E-state index in [0.29, 0.717) is 5.02 Å². The second-order valence-electron chi connectivity index (χ2n) is 11.0. The molecule has 1 atom stereocenters. The molecule has 0 radical (unpaired) electrons. The molecule has 1 unspecified atom stereocenters. The standard InChI is InChI=1S/C27H32ClN5O3S/c1-15-7-16(28)8-20(19(15)9-17-11-29-13-26(2,3)36-17)22-23-21(30-14-31-22)10-18(37-23)12-33-24(34)27(4,5)32(6)25(33)35/h7-8,10,14,17,29H,9,11-13H2,1-6H3. The van der Waals surface area contributed by atoms with E-state index in [1.165, 1.54) is 21.1 Å². The molecule has 2 aromatic heterocycles. The summed E-state index contributed by atoms with van der Waals surface area (Å²) in [4.78, 5) is 38.5. The number of fused-ring (bicyclic) bond motifs is 1. The number of benzene rings is 1. The normalized spacial score (nSPS) is 21.3. The minimum atomic E-state index is -0.865. The van der Waals surface area contributed by atoms with Gasteiger partial charge in [-0.1, -0.05) is 11.6 Å². The summed E-state index contributed by atoms with van der Waals surface area (Å²) >= 11 is 8.03. The van der Waals surface area contributed by atoms with E-state index in [0.717, 1.165) is 57.0 Å². The van der Waals surface area contributed by atoms with Gasteiger partial charge in [-0.25, -0.2) is 14.8 Å². The molecule has 2 aliphatic heterocycles. The van der Waals surface area contributed by atoms with Crippen molar-refractivity contribution >= 4 is 45.1 Å². The van der Waals surface area contributed by atoms with Crippen LogP contribution in [0.1, 0.15) is 43.7 Å². The number of nitrogens with one attached hydrogen (secondary N) is 1. The number of morpholine rings is 1. The van der Waals surface area contributed by atoms with Gasteiger partial charge in [0.2, 0.25) is 0 Å². The number of hydrogen-bond donors (Lipinski definition) is 1. The lowest BCUT2D eigenvalue weighted by Crippen LogP contribution is -2.51. The molecule has 0 bridgehead atoms. The van der Waals surface area contributed by atoms with Gasteiger partial charge in [0.05, 0.1) is 34.2 Å². The number of hydrogen-bond acceptors (Lipinski definition) is 7. The van der Waals surface area contributed by atoms with Crippen LogP contribution in [0.5, 0.6) is 0 Å². The van der Waals surface area contributed by atoms with E-state index in [2.05, 4.69) is 36.1 Å². The molecule has 1 N–H and O–H groups in total. The van der Waals surface area contributed by atoms with Crippen LogP contribution in [0.3, 0.4) is 0 Å². The fourth-order valence-electron chi connectivity index (χ4n) is 5.12. The average Bonchev–Trinajstić information content (AvgIpc) is 3.30. The first-order valence-corrected chi connectivity index (χ1v) is 13.6. The maximum absolute atomic E-state index is 12.9. The van der Waals surface area contributed by atoms with Gasteiger partial charge in [0.25, 0.3) is 5.91 Å². The Hall–Kier alpha value is -2.59. The van der Waals surface area contributed by atoms with Gasteiger partial charge < -0.3 is 15.0 Å². The average molecular weight is 542 g/mol. The molecule has 0 aliphatic carbocycles. The highest BCUT2D eigenvalue weighted by atomic mass is 35.5. The molecular formula is C27H32ClN5O3S. The summed E-state index contributed by atoms with van der Waals surface area (Å²) in [5.41, 5.74) is 3.64. The minimum absolute atomic E-state index is 0.0196. The van der Waals surface area contributed by atoms with Crippen molar-refractivity contribution in [2.45, 2.75) is 64.8 Å². The highest BCUT2D eigenvalue weighted by molar-refractivity contribution is 7.19. The van der Waals surface area contributed by atoms with Crippen LogP contribution in [0.15, 0.2) is 24.5 Å². The van der Waals surface area contributed by atoms with E-state index in [-0.39, 0.29) is 30.2 Å². The van der Waals surface area contributed by atoms with Crippen molar-refractivity contribution in [2.24, 2.45) is 0 Å². The van der Waals surface area contributed by atoms with Gasteiger partial charge in [-0.15, -0.1) is 11.3 Å². The lowest BCUT2D eigenvalue weighted by atomic mass is 9.93. The van der Waals surface area contributed by atoms with E-state index in [1.807, 2.05) is 18.2 Å². The Kier molecular flexibility index (Phi) is 6.55. The van der Waals surface area contributed by atoms with Crippen LogP contribution in [0, 0.1) is 6.92 Å². The summed E-state index contributed by atoms with van der Waals surface area (Å²) in [6, 6.07) is 5.57. The van der Waals surface area contributed by atoms with Crippen LogP contribution in [0.25, 0.3) is 21.5 Å². The first kappa shape index (κ1) is 26.0. The highest BCUT2D eigenvalue weighted by Crippen LogP contribution is 2.38. The SMILES string of the molecule is Cc1cc(Cl)cc(-c2ncnc3cc(CN4C(=O)N(C)C(C)(C)C4=O)sc23)c1CC1CNCC(C)(C)O1. The number of aryl methyl sites for hydroxylation is 1. The summed E-state index contributed by atoms with van der Waals surface area (Å²) < 4.78 is 7.26. The van der Waals surface area contributed by atoms with Crippen molar-refractivity contribution in [3.05, 3.63) is 45.6 Å². The summed E-state index contributed by atoms with van der Waals surface area (Å²) in [5, 5.41) is 4.12. The summed E-state index contributed by atoms with van der Waals surface area (Å²) in [7, 11) is 1.66. The molecular weight excluding hydrogens is 510 g/mol. The van der Waals surface area contributed by atoms with Gasteiger partial charge in [-0.05, 0) is 63.9 Å². The van der Waals surface area contributed by atoms with Crippen molar-refractivity contribution < 1.29 is 14.3 Å². The van der Waals surface area contributed by atoms with Crippen LogP contribution >= 0.6 is 22.9 Å². The number of aromatic nitrogens is 2. The van der Waals surface area contributed by atoms with Crippen molar-refractivity contribution in [3.8, 4) is 11.3 Å². The summed E-state index contributed by atoms with van der Waals surface area (Å²) in [5.74, 6) is -0.208. The largest absolute Gasteiger partial charge is 0.369 e. The number of likely N-dealkylation sites (N-methyl/N-ethyl adjacent to an activating group) is 1. The van der Waals surface area contributed by atoms with Crippen molar-refractivity contribution in [3.63, 3.8) is 0 Å². The summed E-state index contributed by atoms with van der Waals surface area (Å²) in [6.45, 7) is 11.6. The molecule has 2 fully saturated rings. The minimum Gasteiger partial charge on any atom is -0.369 e. The molecule has 3 amide bonds. The highest BCUT2D eigenvalue weighted by Gasteiger charge is 2.49. The third kappa shape index (κ3) is 4.74. The topological polar surface area (TPSA) is 87.7 Å². The maximum atomic E-state index is 12.9. The quantitative estimate of drug-likeness (QED) is 0.467. The molecule has 5 rings (SSSR count). The number of thiophene rings is 1. The van der Waals surface area contributed by atoms with Gasteiger partial charge in [-0.3, -0.25) is 9.69 Å². The fourth-order valence-corrected chi connectivity index (χ4v) is 6.49. The lowest BCUT2D eigenvalue weighted by molar-refractivity contribution is -0.131. The fraction of sp³-hybridized carbons (Fsp3) is 0.481. The second kappa shape index (κ2) is 9.31. The molecule has 196 valence electrons. The number of urea groups is 1. The van der Waals surface area contributed by atoms with Gasteiger partial charge in [0.15, 0.2) is 0 Å². The third-order valence-corrected chi connectivity index (χ3v) is 8.67. The van der Waals surface area contributed by atoms with Crippen LogP contribution in [0.4, 0.5) is 4.79 Å². The molecule has 37 heavy (non-hydrogen) atoms. The van der Waals surface area contributed by atoms with Gasteiger partial charge in [-0.2, -0.15) is 0 Å². The first-order chi connectivity index (χ1) is 17.4. The number of ether oxygens (including phenoxy) is 1. The molecule has 2 aliphatic rings. The lowest BCUT2D eigenvalue weighted by Gasteiger charge is -2.37. The number of imide groups is 1. The molecule has 3 aromatic rings. The third-order valence-electron chi connectivity index (χ3n) is 7.33. The Bertz CT molecular complexity index is 1400. The van der Waals surface area contributed by atoms with E-state index >= 15 is 0 Å². The van der Waals surface area contributed by atoms with Crippen LogP contribution < -0.4 is 5.32 Å². The summed E-state index contributed by atoms with van der Waals surface area (Å²) in [6.07, 6.45) is 2.29. The first-order valence-electron chi connectivity index (χ1n) is 12.4. The van der Waals surface area contributed by atoms with Crippen molar-refractivity contribution in [2.75, 3.05) is 20.1 Å². The Morgan fingerprint density at radius 1 is 1.19 bits per heavy atom. The van der Waals surface area contributed by atoms with E-state index in [1.54, 1.807) is 27.2 Å². The van der Waals surface area contributed by atoms with Crippen LogP contribution in [-0.2, 0) is 22.5 Å². The second-order valence-corrected chi connectivity index (χ2v) is 12.6. The predicted octanol–water partition coefficient (Wildman–Crippen LogP) is 4.80. The number of carbonyl (C=O) groups is 2. The molecule has 4 heterocycles. The molecule has 1 aromatic carbocycles. The monoisotopic (exact) mass is 541 g/mol. The van der Waals surface area contributed by atoms with Gasteiger partial charge in [0, 0.05) is 42.0 Å². The van der Waals surface area contributed by atoms with Gasteiger partial charge in [0.1, 0.15) is 11.9 Å². The number of nitrogens with zero attached hydrogens (tertiary/aromatic N) is 4. The predicted molar refractivity (Wildman–Crippen MR) is 146 cm³/mol. The zero-order chi connectivity index (χ0) is 26.7. The van der Waals surface area contributed by atoms with Crippen LogP contribution in [-0.4, -0.2) is 69.1 Å². The van der Waals surface area contributed by atoms with E-state index in [9.17, 15) is 9.59 Å². The van der Waals surface area contributed by atoms with Crippen LogP contribution in [0.2, 0.25) is 5.02 Å². The van der Waals surface area contributed by atoms with Crippen molar-refractivity contribution in [1.82, 2.24) is 25.1 Å². The molecule has 0 spiro atoms. The zero-order valence-corrected chi connectivity index (χ0v) is 23.6. The number of halogens is 1. The molecule has 0 saturated carbocycles. The van der Waals surface area contributed by atoms with E-state index in [4.69, 9.17) is 16.3 Å². The molecule has 8 nitrogen and oxygen atoms in total. The zero-order valence-electron chi connectivity index (χ0n) is 22.0. The number of rotatable bonds is 5. The van der Waals surface area contributed by atoms with Crippen molar-refractivity contribution in [1.29, 1.82) is 0 Å². The number of amides is 3. The molecule has 10 heteroatoms.